The van der Waals surface area contributed by atoms with Gasteiger partial charge in [0.15, 0.2) is 0 Å². The van der Waals surface area contributed by atoms with Crippen molar-refractivity contribution in [3.05, 3.63) is 76.5 Å². The van der Waals surface area contributed by atoms with E-state index in [0.717, 1.165) is 21.5 Å². The number of carbonyl (C=O) groups excluding carboxylic acids is 2. The zero-order valence-electron chi connectivity index (χ0n) is 17.2. The SMILES string of the molecule is COc1cccc(CC(=O)N2CCN(C(=O)c3ccc(-n4cc(Br)cn4)cc3)CC2)c1. The molecule has 1 aromatic heterocycles. The predicted octanol–water partition coefficient (Wildman–Crippen LogP) is 3.17. The molecule has 8 heteroatoms. The van der Waals surface area contributed by atoms with E-state index in [1.165, 1.54) is 0 Å². The molecular formula is C23H23BrN4O3. The van der Waals surface area contributed by atoms with Gasteiger partial charge in [0, 0.05) is 37.9 Å². The summed E-state index contributed by atoms with van der Waals surface area (Å²) in [7, 11) is 1.61. The zero-order chi connectivity index (χ0) is 21.8. The highest BCUT2D eigenvalue weighted by Gasteiger charge is 2.25. The van der Waals surface area contributed by atoms with Crippen LogP contribution in [0.5, 0.6) is 5.75 Å². The van der Waals surface area contributed by atoms with Gasteiger partial charge in [-0.05, 0) is 57.9 Å². The number of methoxy groups -OCH3 is 1. The van der Waals surface area contributed by atoms with Crippen LogP contribution in [0.4, 0.5) is 0 Å². The van der Waals surface area contributed by atoms with Crippen LogP contribution >= 0.6 is 15.9 Å². The minimum Gasteiger partial charge on any atom is -0.497 e. The first-order valence-corrected chi connectivity index (χ1v) is 10.8. The Morgan fingerprint density at radius 3 is 2.39 bits per heavy atom. The Labute approximate surface area is 189 Å². The van der Waals surface area contributed by atoms with E-state index in [2.05, 4.69) is 21.0 Å². The normalized spacial score (nSPS) is 13.9. The quantitative estimate of drug-likeness (QED) is 0.559. The second-order valence-corrected chi connectivity index (χ2v) is 8.27. The van der Waals surface area contributed by atoms with Crippen molar-refractivity contribution in [2.24, 2.45) is 0 Å². The molecule has 0 bridgehead atoms. The number of ether oxygens (including phenoxy) is 1. The van der Waals surface area contributed by atoms with Crippen LogP contribution in [0.15, 0.2) is 65.4 Å². The molecule has 2 heterocycles. The van der Waals surface area contributed by atoms with Gasteiger partial charge in [-0.1, -0.05) is 12.1 Å². The smallest absolute Gasteiger partial charge is 0.253 e. The van der Waals surface area contributed by atoms with Gasteiger partial charge in [0.2, 0.25) is 5.91 Å². The molecule has 31 heavy (non-hydrogen) atoms. The Morgan fingerprint density at radius 1 is 1.03 bits per heavy atom. The Morgan fingerprint density at radius 2 is 1.74 bits per heavy atom. The summed E-state index contributed by atoms with van der Waals surface area (Å²) in [6.07, 6.45) is 3.91. The van der Waals surface area contributed by atoms with Gasteiger partial charge in [-0.15, -0.1) is 0 Å². The highest BCUT2D eigenvalue weighted by atomic mass is 79.9. The highest BCUT2D eigenvalue weighted by molar-refractivity contribution is 9.10. The minimum absolute atomic E-state index is 0.0203. The molecule has 160 valence electrons. The Kier molecular flexibility index (Phi) is 6.36. The largest absolute Gasteiger partial charge is 0.497 e. The monoisotopic (exact) mass is 482 g/mol. The average Bonchev–Trinajstić information content (AvgIpc) is 3.25. The molecule has 1 aliphatic heterocycles. The van der Waals surface area contributed by atoms with Gasteiger partial charge in [0.25, 0.3) is 5.91 Å². The molecule has 3 aromatic rings. The Balaban J connectivity index is 1.32. The van der Waals surface area contributed by atoms with E-state index in [4.69, 9.17) is 4.74 Å². The summed E-state index contributed by atoms with van der Waals surface area (Å²) in [5.41, 5.74) is 2.44. The Hall–Kier alpha value is -3.13. The maximum Gasteiger partial charge on any atom is 0.253 e. The van der Waals surface area contributed by atoms with Crippen LogP contribution in [-0.4, -0.2) is 64.7 Å². The molecule has 1 aliphatic rings. The van der Waals surface area contributed by atoms with Crippen molar-refractivity contribution in [1.29, 1.82) is 0 Å². The third kappa shape index (κ3) is 4.96. The number of hydrogen-bond acceptors (Lipinski definition) is 4. The topological polar surface area (TPSA) is 67.7 Å². The number of carbonyl (C=O) groups is 2. The minimum atomic E-state index is -0.0203. The molecule has 1 saturated heterocycles. The fourth-order valence-corrected chi connectivity index (χ4v) is 3.89. The van der Waals surface area contributed by atoms with Gasteiger partial charge < -0.3 is 14.5 Å². The van der Waals surface area contributed by atoms with E-state index < -0.39 is 0 Å². The van der Waals surface area contributed by atoms with Crippen molar-refractivity contribution >= 4 is 27.7 Å². The molecule has 0 atom stereocenters. The van der Waals surface area contributed by atoms with Crippen molar-refractivity contribution in [2.75, 3.05) is 33.3 Å². The summed E-state index contributed by atoms with van der Waals surface area (Å²) in [4.78, 5) is 29.1. The molecule has 7 nitrogen and oxygen atoms in total. The lowest BCUT2D eigenvalue weighted by molar-refractivity contribution is -0.131. The highest BCUT2D eigenvalue weighted by Crippen LogP contribution is 2.17. The zero-order valence-corrected chi connectivity index (χ0v) is 18.8. The molecule has 2 aromatic carbocycles. The molecule has 0 unspecified atom stereocenters. The molecule has 0 aliphatic carbocycles. The van der Waals surface area contributed by atoms with E-state index in [9.17, 15) is 9.59 Å². The van der Waals surface area contributed by atoms with Crippen LogP contribution in [0.2, 0.25) is 0 Å². The third-order valence-electron chi connectivity index (χ3n) is 5.34. The van der Waals surface area contributed by atoms with Crippen LogP contribution < -0.4 is 4.74 Å². The molecule has 1 fully saturated rings. The third-order valence-corrected chi connectivity index (χ3v) is 5.75. The van der Waals surface area contributed by atoms with Crippen molar-refractivity contribution in [3.63, 3.8) is 0 Å². The summed E-state index contributed by atoms with van der Waals surface area (Å²) in [6.45, 7) is 2.12. The predicted molar refractivity (Wildman–Crippen MR) is 120 cm³/mol. The molecule has 0 N–H and O–H groups in total. The standard InChI is InChI=1S/C23H23BrN4O3/c1-31-21-4-2-3-17(13-21)14-22(29)26-9-11-27(12-10-26)23(30)18-5-7-20(8-6-18)28-16-19(24)15-25-28/h2-8,13,15-16H,9-12,14H2,1H3. The molecule has 2 amide bonds. The van der Waals surface area contributed by atoms with E-state index in [0.29, 0.717) is 38.2 Å². The summed E-state index contributed by atoms with van der Waals surface area (Å²) < 4.78 is 7.86. The number of rotatable bonds is 5. The molecular weight excluding hydrogens is 460 g/mol. The van der Waals surface area contributed by atoms with Gasteiger partial charge in [-0.3, -0.25) is 9.59 Å². The van der Waals surface area contributed by atoms with E-state index in [1.807, 2.05) is 59.6 Å². The van der Waals surface area contributed by atoms with Gasteiger partial charge in [-0.25, -0.2) is 4.68 Å². The number of nitrogens with zero attached hydrogens (tertiary/aromatic N) is 4. The lowest BCUT2D eigenvalue weighted by Crippen LogP contribution is -2.51. The molecule has 0 radical (unpaired) electrons. The first-order chi connectivity index (χ1) is 15.0. The molecule has 0 saturated carbocycles. The fourth-order valence-electron chi connectivity index (χ4n) is 3.61. The van der Waals surface area contributed by atoms with Crippen LogP contribution in [-0.2, 0) is 11.2 Å². The number of amides is 2. The van der Waals surface area contributed by atoms with Crippen molar-refractivity contribution in [3.8, 4) is 11.4 Å². The second-order valence-electron chi connectivity index (χ2n) is 7.35. The van der Waals surface area contributed by atoms with Crippen LogP contribution in [0, 0.1) is 0 Å². The summed E-state index contributed by atoms with van der Waals surface area (Å²) >= 11 is 3.38. The maximum absolute atomic E-state index is 12.9. The van der Waals surface area contributed by atoms with Crippen molar-refractivity contribution < 1.29 is 14.3 Å². The van der Waals surface area contributed by atoms with Gasteiger partial charge in [0.1, 0.15) is 5.75 Å². The molecule has 0 spiro atoms. The number of halogens is 1. The Bertz CT molecular complexity index is 1070. The van der Waals surface area contributed by atoms with Crippen LogP contribution in [0.1, 0.15) is 15.9 Å². The van der Waals surface area contributed by atoms with Crippen LogP contribution in [0.25, 0.3) is 5.69 Å². The fraction of sp³-hybridized carbons (Fsp3) is 0.261. The number of hydrogen-bond donors (Lipinski definition) is 0. The summed E-state index contributed by atoms with van der Waals surface area (Å²) in [5.74, 6) is 0.787. The maximum atomic E-state index is 12.9. The second kappa shape index (κ2) is 9.34. The number of piperazine rings is 1. The first-order valence-electron chi connectivity index (χ1n) is 10.0. The number of benzene rings is 2. The summed E-state index contributed by atoms with van der Waals surface area (Å²) in [6, 6.07) is 14.9. The number of aromatic nitrogens is 2. The van der Waals surface area contributed by atoms with Gasteiger partial charge in [0.05, 0.1) is 29.9 Å². The van der Waals surface area contributed by atoms with Crippen molar-refractivity contribution in [2.45, 2.75) is 6.42 Å². The lowest BCUT2D eigenvalue weighted by atomic mass is 10.1. The van der Waals surface area contributed by atoms with Gasteiger partial charge in [-0.2, -0.15) is 5.10 Å². The summed E-state index contributed by atoms with van der Waals surface area (Å²) in [5, 5.41) is 4.24. The van der Waals surface area contributed by atoms with Gasteiger partial charge >= 0.3 is 0 Å². The van der Waals surface area contributed by atoms with Crippen LogP contribution in [0.3, 0.4) is 0 Å². The first kappa shape index (κ1) is 21.1. The average molecular weight is 483 g/mol. The van der Waals surface area contributed by atoms with Crippen molar-refractivity contribution in [1.82, 2.24) is 19.6 Å². The van der Waals surface area contributed by atoms with E-state index >= 15 is 0 Å². The van der Waals surface area contributed by atoms with E-state index in [-0.39, 0.29) is 11.8 Å². The molecule has 4 rings (SSSR count). The van der Waals surface area contributed by atoms with E-state index in [1.54, 1.807) is 22.9 Å². The lowest BCUT2D eigenvalue weighted by Gasteiger charge is -2.35.